The minimum atomic E-state index is 0.502. The van der Waals surface area contributed by atoms with Crippen molar-refractivity contribution in [3.05, 3.63) is 16.6 Å². The predicted octanol–water partition coefficient (Wildman–Crippen LogP) is 1.59. The molecule has 74 valence electrons. The van der Waals surface area contributed by atoms with Crippen LogP contribution in [0.5, 0.6) is 5.88 Å². The normalized spacial score (nSPS) is 10.8. The number of fused-ring (bicyclic) bond motifs is 1. The van der Waals surface area contributed by atoms with Gasteiger partial charge in [-0.15, -0.1) is 0 Å². The molecule has 2 rings (SSSR count). The number of aromatic nitrogens is 4. The summed E-state index contributed by atoms with van der Waals surface area (Å²) in [5.41, 5.74) is 0.646. The van der Waals surface area contributed by atoms with Gasteiger partial charge in [0.15, 0.2) is 0 Å². The Morgan fingerprint density at radius 3 is 3.00 bits per heavy atom. The van der Waals surface area contributed by atoms with Crippen LogP contribution < -0.4 is 4.74 Å². The van der Waals surface area contributed by atoms with Gasteiger partial charge in [-0.2, -0.15) is 5.10 Å². The highest BCUT2D eigenvalue weighted by atomic mass is 79.9. The van der Waals surface area contributed by atoms with Crippen LogP contribution in [-0.4, -0.2) is 26.2 Å². The van der Waals surface area contributed by atoms with Gasteiger partial charge in [-0.25, -0.2) is 14.5 Å². The van der Waals surface area contributed by atoms with E-state index in [0.29, 0.717) is 28.6 Å². The van der Waals surface area contributed by atoms with E-state index in [0.717, 1.165) is 0 Å². The Balaban J connectivity index is 2.66. The van der Waals surface area contributed by atoms with Crippen molar-refractivity contribution in [1.29, 1.82) is 0 Å². The highest BCUT2D eigenvalue weighted by molar-refractivity contribution is 9.10. The second-order valence-electron chi connectivity index (χ2n) is 2.73. The zero-order valence-electron chi connectivity index (χ0n) is 7.86. The summed E-state index contributed by atoms with van der Waals surface area (Å²) in [6.07, 6.45) is 1.75. The van der Waals surface area contributed by atoms with Gasteiger partial charge in [-0.05, 0) is 29.8 Å². The largest absolute Gasteiger partial charge is 0.475 e. The maximum Gasteiger partial charge on any atom is 0.261 e. The van der Waals surface area contributed by atoms with Gasteiger partial charge in [0, 0.05) is 0 Å². The van der Waals surface area contributed by atoms with Crippen LogP contribution >= 0.6 is 15.9 Å². The van der Waals surface area contributed by atoms with E-state index in [1.165, 1.54) is 0 Å². The summed E-state index contributed by atoms with van der Waals surface area (Å²) >= 11 is 3.28. The average molecular weight is 257 g/mol. The van der Waals surface area contributed by atoms with E-state index in [1.54, 1.807) is 10.7 Å². The van der Waals surface area contributed by atoms with Gasteiger partial charge in [-0.3, -0.25) is 0 Å². The van der Waals surface area contributed by atoms with Crippen LogP contribution in [-0.2, 0) is 0 Å². The van der Waals surface area contributed by atoms with Crippen LogP contribution in [0.1, 0.15) is 12.7 Å². The number of rotatable bonds is 2. The molecule has 0 aromatic carbocycles. The molecule has 14 heavy (non-hydrogen) atoms. The number of hydrogen-bond donors (Lipinski definition) is 0. The molecule has 0 amide bonds. The van der Waals surface area contributed by atoms with Crippen molar-refractivity contribution in [2.24, 2.45) is 0 Å². The molecule has 0 radical (unpaired) electrons. The summed E-state index contributed by atoms with van der Waals surface area (Å²) in [4.78, 5) is 8.39. The first-order chi connectivity index (χ1) is 6.70. The Kier molecular flexibility index (Phi) is 2.37. The van der Waals surface area contributed by atoms with Gasteiger partial charge >= 0.3 is 0 Å². The van der Waals surface area contributed by atoms with Gasteiger partial charge in [0.2, 0.25) is 5.65 Å². The van der Waals surface area contributed by atoms with Crippen molar-refractivity contribution in [3.8, 4) is 5.88 Å². The first-order valence-corrected chi connectivity index (χ1v) is 5.02. The third kappa shape index (κ3) is 1.57. The van der Waals surface area contributed by atoms with E-state index < -0.39 is 0 Å². The Labute approximate surface area is 89.3 Å². The third-order valence-corrected chi connectivity index (χ3v) is 2.03. The molecule has 0 spiro atoms. The molecule has 2 heterocycles. The quantitative estimate of drug-likeness (QED) is 0.819. The molecule has 0 saturated heterocycles. The van der Waals surface area contributed by atoms with Gasteiger partial charge in [0.05, 0.1) is 12.8 Å². The first kappa shape index (κ1) is 9.39. The second kappa shape index (κ2) is 3.53. The third-order valence-electron chi connectivity index (χ3n) is 1.65. The van der Waals surface area contributed by atoms with E-state index in [9.17, 15) is 0 Å². The van der Waals surface area contributed by atoms with Gasteiger partial charge < -0.3 is 4.74 Å². The van der Waals surface area contributed by atoms with Crippen molar-refractivity contribution in [2.45, 2.75) is 13.8 Å². The van der Waals surface area contributed by atoms with Crippen molar-refractivity contribution in [1.82, 2.24) is 19.6 Å². The van der Waals surface area contributed by atoms with Crippen LogP contribution in [0, 0.1) is 6.92 Å². The molecule has 0 bridgehead atoms. The standard InChI is InChI=1S/C8H9BrN4O/c1-3-14-8-7-10-5(2)12-13(7)4-6(9)11-8/h4H,3H2,1-2H3. The molecule has 5 nitrogen and oxygen atoms in total. The van der Waals surface area contributed by atoms with Crippen LogP contribution in [0.15, 0.2) is 10.8 Å². The zero-order chi connectivity index (χ0) is 10.1. The summed E-state index contributed by atoms with van der Waals surface area (Å²) in [5.74, 6) is 1.20. The molecule has 2 aromatic heterocycles. The molecule has 0 saturated carbocycles. The fourth-order valence-electron chi connectivity index (χ4n) is 1.18. The monoisotopic (exact) mass is 256 g/mol. The lowest BCUT2D eigenvalue weighted by Gasteiger charge is -2.02. The van der Waals surface area contributed by atoms with Crippen LogP contribution in [0.3, 0.4) is 0 Å². The molecule has 0 aliphatic carbocycles. The Bertz CT molecular complexity index is 468. The molecule has 0 atom stereocenters. The smallest absolute Gasteiger partial charge is 0.261 e. The fraction of sp³-hybridized carbons (Fsp3) is 0.375. The second-order valence-corrected chi connectivity index (χ2v) is 3.54. The number of aryl methyl sites for hydroxylation is 1. The zero-order valence-corrected chi connectivity index (χ0v) is 9.45. The van der Waals surface area contributed by atoms with Crippen molar-refractivity contribution >= 4 is 21.6 Å². The molecule has 2 aromatic rings. The highest BCUT2D eigenvalue weighted by Gasteiger charge is 2.09. The summed E-state index contributed by atoms with van der Waals surface area (Å²) in [5, 5.41) is 4.17. The Hall–Kier alpha value is -1.17. The molecular formula is C8H9BrN4O. The molecule has 0 aliphatic heterocycles. The summed E-state index contributed by atoms with van der Waals surface area (Å²) in [6.45, 7) is 4.30. The lowest BCUT2D eigenvalue weighted by molar-refractivity contribution is 0.328. The lowest BCUT2D eigenvalue weighted by Crippen LogP contribution is -1.99. The van der Waals surface area contributed by atoms with Crippen molar-refractivity contribution < 1.29 is 4.74 Å². The van der Waals surface area contributed by atoms with Gasteiger partial charge in [-0.1, -0.05) is 0 Å². The summed E-state index contributed by atoms with van der Waals surface area (Å²) < 4.78 is 7.68. The Morgan fingerprint density at radius 1 is 1.50 bits per heavy atom. The number of halogens is 1. The van der Waals surface area contributed by atoms with E-state index in [-0.39, 0.29) is 0 Å². The summed E-state index contributed by atoms with van der Waals surface area (Å²) in [6, 6.07) is 0. The maximum absolute atomic E-state index is 5.35. The predicted molar refractivity (Wildman–Crippen MR) is 54.4 cm³/mol. The molecule has 0 N–H and O–H groups in total. The van der Waals surface area contributed by atoms with E-state index in [2.05, 4.69) is 31.0 Å². The minimum absolute atomic E-state index is 0.502. The van der Waals surface area contributed by atoms with Crippen LogP contribution in [0.25, 0.3) is 5.65 Å². The molecule has 0 fully saturated rings. The summed E-state index contributed by atoms with van der Waals surface area (Å²) in [7, 11) is 0. The van der Waals surface area contributed by atoms with Crippen molar-refractivity contribution in [2.75, 3.05) is 6.61 Å². The van der Waals surface area contributed by atoms with Crippen molar-refractivity contribution in [3.63, 3.8) is 0 Å². The van der Waals surface area contributed by atoms with Crippen LogP contribution in [0.4, 0.5) is 0 Å². The van der Waals surface area contributed by atoms with Gasteiger partial charge in [0.25, 0.3) is 5.88 Å². The van der Waals surface area contributed by atoms with E-state index >= 15 is 0 Å². The van der Waals surface area contributed by atoms with E-state index in [1.807, 2.05) is 13.8 Å². The van der Waals surface area contributed by atoms with Crippen LogP contribution in [0.2, 0.25) is 0 Å². The number of ether oxygens (including phenoxy) is 1. The fourth-order valence-corrected chi connectivity index (χ4v) is 1.53. The minimum Gasteiger partial charge on any atom is -0.475 e. The molecular weight excluding hydrogens is 248 g/mol. The lowest BCUT2D eigenvalue weighted by atomic mass is 10.6. The number of hydrogen-bond acceptors (Lipinski definition) is 4. The first-order valence-electron chi connectivity index (χ1n) is 4.23. The average Bonchev–Trinajstić information content (AvgIpc) is 2.45. The topological polar surface area (TPSA) is 52.3 Å². The molecule has 0 unspecified atom stereocenters. The van der Waals surface area contributed by atoms with E-state index in [4.69, 9.17) is 4.74 Å². The number of nitrogens with zero attached hydrogens (tertiary/aromatic N) is 4. The molecule has 6 heteroatoms. The SMILES string of the molecule is CCOc1nc(Br)cn2nc(C)nc12. The molecule has 0 aliphatic rings. The maximum atomic E-state index is 5.35. The Morgan fingerprint density at radius 2 is 2.29 bits per heavy atom. The van der Waals surface area contributed by atoms with Gasteiger partial charge in [0.1, 0.15) is 10.4 Å². The highest BCUT2D eigenvalue weighted by Crippen LogP contribution is 2.18.